The SMILES string of the molecule is CCCCCCCCC(NCCC)c1csc(Br)c1. The molecule has 1 nitrogen and oxygen atoms in total. The molecule has 1 aromatic heterocycles. The third kappa shape index (κ3) is 7.48. The molecule has 19 heavy (non-hydrogen) atoms. The smallest absolute Gasteiger partial charge is 0.0701 e. The van der Waals surface area contributed by atoms with Gasteiger partial charge in [0.2, 0.25) is 0 Å². The molecule has 0 amide bonds. The number of hydrogen-bond donors (Lipinski definition) is 1. The van der Waals surface area contributed by atoms with Crippen molar-refractivity contribution >= 4 is 27.3 Å². The average molecular weight is 346 g/mol. The van der Waals surface area contributed by atoms with Gasteiger partial charge in [-0.15, -0.1) is 11.3 Å². The molecule has 110 valence electrons. The van der Waals surface area contributed by atoms with E-state index in [2.05, 4.69) is 46.5 Å². The summed E-state index contributed by atoms with van der Waals surface area (Å²) in [6.45, 7) is 5.63. The van der Waals surface area contributed by atoms with Crippen molar-refractivity contribution in [1.29, 1.82) is 0 Å². The molecule has 0 fully saturated rings. The first-order valence-electron chi connectivity index (χ1n) is 7.75. The van der Waals surface area contributed by atoms with Gasteiger partial charge in [0.15, 0.2) is 0 Å². The molecule has 1 N–H and O–H groups in total. The molecule has 1 unspecified atom stereocenters. The fourth-order valence-electron chi connectivity index (χ4n) is 2.34. The summed E-state index contributed by atoms with van der Waals surface area (Å²) < 4.78 is 1.24. The highest BCUT2D eigenvalue weighted by Crippen LogP contribution is 2.28. The lowest BCUT2D eigenvalue weighted by Gasteiger charge is -2.17. The minimum Gasteiger partial charge on any atom is -0.310 e. The zero-order valence-electron chi connectivity index (χ0n) is 12.4. The molecule has 0 aliphatic heterocycles. The van der Waals surface area contributed by atoms with Gasteiger partial charge in [-0.2, -0.15) is 0 Å². The Kier molecular flexibility index (Phi) is 9.84. The number of hydrogen-bond acceptors (Lipinski definition) is 2. The Balaban J connectivity index is 2.29. The lowest BCUT2D eigenvalue weighted by Crippen LogP contribution is -2.21. The Morgan fingerprint density at radius 3 is 2.47 bits per heavy atom. The van der Waals surface area contributed by atoms with E-state index in [1.807, 2.05) is 0 Å². The van der Waals surface area contributed by atoms with Crippen molar-refractivity contribution in [3.05, 3.63) is 20.8 Å². The summed E-state index contributed by atoms with van der Waals surface area (Å²) in [4.78, 5) is 0. The number of halogens is 1. The maximum atomic E-state index is 3.69. The second-order valence-electron chi connectivity index (χ2n) is 5.25. The second-order valence-corrected chi connectivity index (χ2v) is 7.54. The second kappa shape index (κ2) is 10.9. The van der Waals surface area contributed by atoms with Gasteiger partial charge in [0.1, 0.15) is 0 Å². The van der Waals surface area contributed by atoms with Crippen molar-refractivity contribution < 1.29 is 0 Å². The third-order valence-corrected chi connectivity index (χ3v) is 5.00. The summed E-state index contributed by atoms with van der Waals surface area (Å²) >= 11 is 5.36. The van der Waals surface area contributed by atoms with Crippen LogP contribution in [0.15, 0.2) is 15.2 Å². The summed E-state index contributed by atoms with van der Waals surface area (Å²) in [6.07, 6.45) is 10.8. The molecule has 1 aromatic rings. The summed E-state index contributed by atoms with van der Waals surface area (Å²) in [5.74, 6) is 0. The average Bonchev–Trinajstić information content (AvgIpc) is 2.83. The van der Waals surface area contributed by atoms with Crippen molar-refractivity contribution in [1.82, 2.24) is 5.32 Å². The molecule has 0 aliphatic rings. The molecule has 0 radical (unpaired) electrons. The highest BCUT2D eigenvalue weighted by atomic mass is 79.9. The van der Waals surface area contributed by atoms with Gasteiger partial charge in [0.25, 0.3) is 0 Å². The molecule has 0 bridgehead atoms. The number of thiophene rings is 1. The van der Waals surface area contributed by atoms with E-state index in [-0.39, 0.29) is 0 Å². The number of nitrogens with one attached hydrogen (secondary N) is 1. The van der Waals surface area contributed by atoms with Crippen molar-refractivity contribution in [2.75, 3.05) is 6.54 Å². The van der Waals surface area contributed by atoms with Crippen molar-refractivity contribution in [2.24, 2.45) is 0 Å². The Labute approximate surface area is 131 Å². The maximum absolute atomic E-state index is 3.69. The number of rotatable bonds is 11. The van der Waals surface area contributed by atoms with Crippen molar-refractivity contribution in [3.63, 3.8) is 0 Å². The van der Waals surface area contributed by atoms with E-state index < -0.39 is 0 Å². The lowest BCUT2D eigenvalue weighted by atomic mass is 10.0. The quantitative estimate of drug-likeness (QED) is 0.464. The standard InChI is InChI=1S/C16H28BrNS/c1-3-5-6-7-8-9-10-15(18-11-4-2)14-12-16(17)19-13-14/h12-13,15,18H,3-11H2,1-2H3. The van der Waals surface area contributed by atoms with Crippen LogP contribution < -0.4 is 5.32 Å². The van der Waals surface area contributed by atoms with Gasteiger partial charge in [-0.3, -0.25) is 0 Å². The Hall–Kier alpha value is 0.140. The summed E-state index contributed by atoms with van der Waals surface area (Å²) in [6, 6.07) is 2.82. The van der Waals surface area contributed by atoms with Crippen molar-refractivity contribution in [3.8, 4) is 0 Å². The summed E-state index contributed by atoms with van der Waals surface area (Å²) in [5, 5.41) is 5.97. The van der Waals surface area contributed by atoms with Crippen LogP contribution in [0.5, 0.6) is 0 Å². The number of unbranched alkanes of at least 4 members (excludes halogenated alkanes) is 5. The van der Waals surface area contributed by atoms with E-state index in [0.29, 0.717) is 6.04 Å². The minimum absolute atomic E-state index is 0.550. The van der Waals surface area contributed by atoms with Gasteiger partial charge in [-0.05, 0) is 52.3 Å². The van der Waals surface area contributed by atoms with Crippen LogP contribution in [0.3, 0.4) is 0 Å². The van der Waals surface area contributed by atoms with Gasteiger partial charge in [0, 0.05) is 6.04 Å². The van der Waals surface area contributed by atoms with Crippen LogP contribution in [-0.2, 0) is 0 Å². The van der Waals surface area contributed by atoms with E-state index in [0.717, 1.165) is 6.54 Å². The van der Waals surface area contributed by atoms with Crippen LogP contribution in [0.4, 0.5) is 0 Å². The van der Waals surface area contributed by atoms with Crippen molar-refractivity contribution in [2.45, 2.75) is 71.3 Å². The normalized spacial score (nSPS) is 12.8. The van der Waals surface area contributed by atoms with E-state index in [4.69, 9.17) is 0 Å². The Bertz CT molecular complexity index is 324. The van der Waals surface area contributed by atoms with E-state index in [9.17, 15) is 0 Å². The molecule has 1 rings (SSSR count). The van der Waals surface area contributed by atoms with Gasteiger partial charge in [-0.25, -0.2) is 0 Å². The van der Waals surface area contributed by atoms with Gasteiger partial charge < -0.3 is 5.32 Å². The van der Waals surface area contributed by atoms with Crippen LogP contribution in [0.1, 0.15) is 76.8 Å². The molecule has 1 atom stereocenters. The predicted octanol–water partition coefficient (Wildman–Crippen LogP) is 6.30. The summed E-state index contributed by atoms with van der Waals surface area (Å²) in [5.41, 5.74) is 1.46. The zero-order chi connectivity index (χ0) is 13.9. The molecule has 3 heteroatoms. The molecule has 0 aromatic carbocycles. The first kappa shape index (κ1) is 17.2. The first-order valence-corrected chi connectivity index (χ1v) is 9.42. The summed E-state index contributed by atoms with van der Waals surface area (Å²) in [7, 11) is 0. The Morgan fingerprint density at radius 2 is 1.84 bits per heavy atom. The monoisotopic (exact) mass is 345 g/mol. The predicted molar refractivity (Wildman–Crippen MR) is 91.0 cm³/mol. The topological polar surface area (TPSA) is 12.0 Å². The largest absolute Gasteiger partial charge is 0.310 e. The molecule has 0 aliphatic carbocycles. The molecular formula is C16H28BrNS. The van der Waals surface area contributed by atoms with Crippen LogP contribution >= 0.6 is 27.3 Å². The molecule has 0 saturated carbocycles. The van der Waals surface area contributed by atoms with E-state index >= 15 is 0 Å². The van der Waals surface area contributed by atoms with Gasteiger partial charge in [0.05, 0.1) is 3.79 Å². The van der Waals surface area contributed by atoms with E-state index in [1.54, 1.807) is 11.3 Å². The maximum Gasteiger partial charge on any atom is 0.0701 e. The fraction of sp³-hybridized carbons (Fsp3) is 0.750. The zero-order valence-corrected chi connectivity index (χ0v) is 14.8. The lowest BCUT2D eigenvalue weighted by molar-refractivity contribution is 0.467. The van der Waals surface area contributed by atoms with E-state index in [1.165, 1.54) is 60.7 Å². The molecule has 0 saturated heterocycles. The van der Waals surface area contributed by atoms with Crippen LogP contribution in [0.2, 0.25) is 0 Å². The van der Waals surface area contributed by atoms with Crippen LogP contribution in [-0.4, -0.2) is 6.54 Å². The van der Waals surface area contributed by atoms with Gasteiger partial charge in [-0.1, -0.05) is 52.4 Å². The fourth-order valence-corrected chi connectivity index (χ4v) is 3.57. The highest BCUT2D eigenvalue weighted by Gasteiger charge is 2.11. The highest BCUT2D eigenvalue weighted by molar-refractivity contribution is 9.11. The van der Waals surface area contributed by atoms with Gasteiger partial charge >= 0.3 is 0 Å². The molecule has 0 spiro atoms. The Morgan fingerprint density at radius 1 is 1.11 bits per heavy atom. The molecular weight excluding hydrogens is 318 g/mol. The minimum atomic E-state index is 0.550. The molecule has 1 heterocycles. The van der Waals surface area contributed by atoms with Crippen LogP contribution in [0.25, 0.3) is 0 Å². The van der Waals surface area contributed by atoms with Crippen LogP contribution in [0, 0.1) is 0 Å². The first-order chi connectivity index (χ1) is 9.27. The third-order valence-electron chi connectivity index (χ3n) is 3.48.